The normalized spacial score (nSPS) is 26.1. The highest BCUT2D eigenvalue weighted by atomic mass is 35.5. The molecule has 5 rings (SSSR count). The van der Waals surface area contributed by atoms with Gasteiger partial charge in [-0.05, 0) is 78.6 Å². The summed E-state index contributed by atoms with van der Waals surface area (Å²) in [6, 6.07) is 21.7. The minimum Gasteiger partial charge on any atom is -0.353 e. The number of piperidine rings is 1. The SMILES string of the molecule is Cc1ccc(/C=C/C2CC(=O)NC3CCC(C(c4ccc(Cl)cc4)c4cccs4)CC23)cc1. The number of thiophene rings is 1. The van der Waals surface area contributed by atoms with Crippen LogP contribution in [0.3, 0.4) is 0 Å². The summed E-state index contributed by atoms with van der Waals surface area (Å²) in [7, 11) is 0. The smallest absolute Gasteiger partial charge is 0.220 e. The molecule has 33 heavy (non-hydrogen) atoms. The molecule has 2 aliphatic rings. The molecular formula is C29H30ClNOS. The maximum Gasteiger partial charge on any atom is 0.220 e. The number of nitrogens with one attached hydrogen (secondary N) is 1. The maximum absolute atomic E-state index is 12.5. The van der Waals surface area contributed by atoms with Crippen molar-refractivity contribution in [2.24, 2.45) is 17.8 Å². The monoisotopic (exact) mass is 475 g/mol. The minimum atomic E-state index is 0.195. The molecule has 1 N–H and O–H groups in total. The number of carbonyl (C=O) groups is 1. The van der Waals surface area contributed by atoms with Crippen molar-refractivity contribution in [3.63, 3.8) is 0 Å². The third kappa shape index (κ3) is 5.10. The molecule has 1 saturated heterocycles. The van der Waals surface area contributed by atoms with Crippen LogP contribution in [0, 0.1) is 24.7 Å². The van der Waals surface area contributed by atoms with E-state index in [0.717, 1.165) is 24.3 Å². The quantitative estimate of drug-likeness (QED) is 0.407. The van der Waals surface area contributed by atoms with Crippen molar-refractivity contribution in [3.05, 3.63) is 98.7 Å². The van der Waals surface area contributed by atoms with Gasteiger partial charge in [-0.15, -0.1) is 11.3 Å². The van der Waals surface area contributed by atoms with Gasteiger partial charge in [0.1, 0.15) is 0 Å². The van der Waals surface area contributed by atoms with Crippen LogP contribution in [0.25, 0.3) is 6.08 Å². The van der Waals surface area contributed by atoms with E-state index in [-0.39, 0.29) is 17.9 Å². The average molecular weight is 476 g/mol. The highest BCUT2D eigenvalue weighted by molar-refractivity contribution is 7.10. The van der Waals surface area contributed by atoms with Crippen molar-refractivity contribution in [3.8, 4) is 0 Å². The van der Waals surface area contributed by atoms with Crippen LogP contribution in [0.4, 0.5) is 0 Å². The van der Waals surface area contributed by atoms with Crippen LogP contribution in [-0.2, 0) is 4.79 Å². The molecule has 1 aliphatic carbocycles. The summed E-state index contributed by atoms with van der Waals surface area (Å²) in [4.78, 5) is 13.9. The zero-order valence-electron chi connectivity index (χ0n) is 18.9. The van der Waals surface area contributed by atoms with Crippen molar-refractivity contribution in [2.75, 3.05) is 0 Å². The van der Waals surface area contributed by atoms with Crippen LogP contribution in [0.2, 0.25) is 5.02 Å². The fraction of sp³-hybridized carbons (Fsp3) is 0.345. The fourth-order valence-electron chi connectivity index (χ4n) is 5.76. The lowest BCUT2D eigenvalue weighted by Gasteiger charge is -2.45. The molecule has 5 unspecified atom stereocenters. The largest absolute Gasteiger partial charge is 0.353 e. The Bertz CT molecular complexity index is 1100. The standard InChI is InChI=1S/C29H30ClNOS/c1-19-4-6-20(7-5-19)8-9-22-18-28(32)31-26-15-12-23(17-25(22)26)29(27-3-2-16-33-27)21-10-13-24(30)14-11-21/h2-11,13-14,16,22-23,25-26,29H,12,15,17-18H2,1H3,(H,31,32)/b9-8+. The van der Waals surface area contributed by atoms with E-state index in [0.29, 0.717) is 24.2 Å². The predicted molar refractivity (Wildman–Crippen MR) is 139 cm³/mol. The molecule has 5 atom stereocenters. The number of fused-ring (bicyclic) bond motifs is 1. The molecule has 1 aromatic heterocycles. The Balaban J connectivity index is 1.41. The van der Waals surface area contributed by atoms with Gasteiger partial charge in [0.2, 0.25) is 5.91 Å². The first-order chi connectivity index (χ1) is 16.1. The van der Waals surface area contributed by atoms with Gasteiger partial charge in [-0.3, -0.25) is 4.79 Å². The number of benzene rings is 2. The summed E-state index contributed by atoms with van der Waals surface area (Å²) in [6.45, 7) is 2.11. The van der Waals surface area contributed by atoms with Gasteiger partial charge in [0.25, 0.3) is 0 Å². The van der Waals surface area contributed by atoms with E-state index in [4.69, 9.17) is 11.6 Å². The number of aryl methyl sites for hydroxylation is 1. The van der Waals surface area contributed by atoms with Crippen molar-refractivity contribution in [1.82, 2.24) is 5.32 Å². The average Bonchev–Trinajstić information content (AvgIpc) is 3.34. The van der Waals surface area contributed by atoms with E-state index in [1.807, 2.05) is 23.5 Å². The van der Waals surface area contributed by atoms with Crippen molar-refractivity contribution in [1.29, 1.82) is 0 Å². The molecule has 2 nitrogen and oxygen atoms in total. The second-order valence-electron chi connectivity index (χ2n) is 9.59. The molecule has 3 aromatic rings. The van der Waals surface area contributed by atoms with Gasteiger partial charge in [-0.25, -0.2) is 0 Å². The van der Waals surface area contributed by atoms with Gasteiger partial charge in [-0.2, -0.15) is 0 Å². The van der Waals surface area contributed by atoms with Crippen LogP contribution in [0.15, 0.2) is 72.1 Å². The fourth-order valence-corrected chi connectivity index (χ4v) is 6.83. The third-order valence-corrected chi connectivity index (χ3v) is 8.63. The van der Waals surface area contributed by atoms with Crippen molar-refractivity contribution >= 4 is 34.9 Å². The lowest BCUT2D eigenvalue weighted by atomic mass is 9.65. The van der Waals surface area contributed by atoms with Gasteiger partial charge in [0.05, 0.1) is 0 Å². The van der Waals surface area contributed by atoms with Crippen molar-refractivity contribution in [2.45, 2.75) is 44.6 Å². The number of allylic oxidation sites excluding steroid dienone is 1. The van der Waals surface area contributed by atoms with E-state index in [9.17, 15) is 4.79 Å². The Morgan fingerprint density at radius 3 is 2.58 bits per heavy atom. The minimum absolute atomic E-state index is 0.195. The Morgan fingerprint density at radius 1 is 1.06 bits per heavy atom. The molecule has 4 heteroatoms. The highest BCUT2D eigenvalue weighted by Gasteiger charge is 2.42. The molecule has 0 radical (unpaired) electrons. The topological polar surface area (TPSA) is 29.1 Å². The number of halogens is 1. The highest BCUT2D eigenvalue weighted by Crippen LogP contribution is 2.47. The number of amides is 1. The van der Waals surface area contributed by atoms with E-state index in [1.54, 1.807) is 0 Å². The summed E-state index contributed by atoms with van der Waals surface area (Å²) in [5.41, 5.74) is 3.81. The first-order valence-electron chi connectivity index (χ1n) is 11.9. The summed E-state index contributed by atoms with van der Waals surface area (Å²) in [5, 5.41) is 6.27. The van der Waals surface area contributed by atoms with E-state index in [2.05, 4.69) is 78.3 Å². The van der Waals surface area contributed by atoms with Gasteiger partial charge in [-0.1, -0.05) is 71.8 Å². The Morgan fingerprint density at radius 2 is 1.85 bits per heavy atom. The van der Waals surface area contributed by atoms with Crippen LogP contribution in [0.5, 0.6) is 0 Å². The van der Waals surface area contributed by atoms with Crippen molar-refractivity contribution < 1.29 is 4.79 Å². The third-order valence-electron chi connectivity index (χ3n) is 7.42. The summed E-state index contributed by atoms with van der Waals surface area (Å²) in [6.07, 6.45) is 8.39. The summed E-state index contributed by atoms with van der Waals surface area (Å²) >= 11 is 8.05. The summed E-state index contributed by atoms with van der Waals surface area (Å²) in [5.74, 6) is 1.87. The van der Waals surface area contributed by atoms with Crippen LogP contribution in [0.1, 0.15) is 53.2 Å². The molecule has 170 valence electrons. The molecule has 1 aliphatic heterocycles. The molecule has 2 aromatic carbocycles. The van der Waals surface area contributed by atoms with Gasteiger partial charge >= 0.3 is 0 Å². The van der Waals surface area contributed by atoms with Gasteiger partial charge < -0.3 is 5.32 Å². The van der Waals surface area contributed by atoms with Crippen LogP contribution in [-0.4, -0.2) is 11.9 Å². The second kappa shape index (κ2) is 9.87. The van der Waals surface area contributed by atoms with Gasteiger partial charge in [0.15, 0.2) is 0 Å². The number of carbonyl (C=O) groups excluding carboxylic acids is 1. The molecule has 2 heterocycles. The van der Waals surface area contributed by atoms with Crippen LogP contribution < -0.4 is 5.32 Å². The molecule has 0 spiro atoms. The second-order valence-corrected chi connectivity index (χ2v) is 11.0. The molecular weight excluding hydrogens is 446 g/mol. The zero-order valence-corrected chi connectivity index (χ0v) is 20.5. The molecule has 0 bridgehead atoms. The molecule has 2 fully saturated rings. The lowest BCUT2D eigenvalue weighted by molar-refractivity contribution is -0.126. The van der Waals surface area contributed by atoms with Gasteiger partial charge in [0, 0.05) is 28.3 Å². The summed E-state index contributed by atoms with van der Waals surface area (Å²) < 4.78 is 0. The molecule has 1 amide bonds. The Labute approximate surface area is 205 Å². The zero-order chi connectivity index (χ0) is 22.8. The van der Waals surface area contributed by atoms with E-state index < -0.39 is 0 Å². The number of hydrogen-bond acceptors (Lipinski definition) is 2. The number of rotatable bonds is 5. The van der Waals surface area contributed by atoms with E-state index in [1.165, 1.54) is 21.6 Å². The molecule has 1 saturated carbocycles. The van der Waals surface area contributed by atoms with E-state index >= 15 is 0 Å². The first-order valence-corrected chi connectivity index (χ1v) is 13.2. The predicted octanol–water partition coefficient (Wildman–Crippen LogP) is 7.48. The Kier molecular flexibility index (Phi) is 6.71. The Hall–Kier alpha value is -2.36. The van der Waals surface area contributed by atoms with Crippen LogP contribution >= 0.6 is 22.9 Å². The maximum atomic E-state index is 12.5. The number of hydrogen-bond donors (Lipinski definition) is 1. The first kappa shape index (κ1) is 22.4. The lowest BCUT2D eigenvalue weighted by Crippen LogP contribution is -2.51.